The normalized spacial score (nSPS) is 11.1. The molecule has 2 aromatic heterocycles. The van der Waals surface area contributed by atoms with Crippen molar-refractivity contribution in [1.29, 1.82) is 0 Å². The summed E-state index contributed by atoms with van der Waals surface area (Å²) in [6.07, 6.45) is 0. The van der Waals surface area contributed by atoms with E-state index < -0.39 is 0 Å². The third-order valence-corrected chi connectivity index (χ3v) is 2.63. The van der Waals surface area contributed by atoms with Gasteiger partial charge in [-0.1, -0.05) is 24.8 Å². The van der Waals surface area contributed by atoms with Gasteiger partial charge in [0.25, 0.3) is 0 Å². The van der Waals surface area contributed by atoms with Crippen molar-refractivity contribution in [3.63, 3.8) is 0 Å². The average molecular weight is 210 g/mol. The molecule has 0 N–H and O–H groups in total. The number of rotatable bonds is 1. The Hall–Kier alpha value is -2.23. The van der Waals surface area contributed by atoms with Gasteiger partial charge < -0.3 is 0 Å². The third-order valence-electron chi connectivity index (χ3n) is 2.63. The zero-order valence-corrected chi connectivity index (χ0v) is 8.88. The molecule has 0 aliphatic rings. The predicted octanol–water partition coefficient (Wildman–Crippen LogP) is 2.31. The van der Waals surface area contributed by atoms with Gasteiger partial charge in [0.05, 0.1) is 5.52 Å². The Morgan fingerprint density at radius 2 is 2.12 bits per heavy atom. The average Bonchev–Trinajstić information content (AvgIpc) is 2.76. The summed E-state index contributed by atoms with van der Waals surface area (Å²) in [6.45, 7) is 5.91. The van der Waals surface area contributed by atoms with E-state index >= 15 is 0 Å². The summed E-state index contributed by atoms with van der Waals surface area (Å²) in [5.74, 6) is 0. The van der Waals surface area contributed by atoms with Gasteiger partial charge in [-0.05, 0) is 35.1 Å². The van der Waals surface area contributed by atoms with Crippen LogP contribution in [-0.4, -0.2) is 20.0 Å². The Morgan fingerprint density at radius 1 is 1.31 bits per heavy atom. The van der Waals surface area contributed by atoms with Gasteiger partial charge in [0, 0.05) is 10.9 Å². The molecule has 0 radical (unpaired) electrons. The number of para-hydroxylation sites is 1. The van der Waals surface area contributed by atoms with Crippen molar-refractivity contribution in [2.24, 2.45) is 0 Å². The minimum Gasteiger partial charge on any atom is -0.192 e. The van der Waals surface area contributed by atoms with E-state index in [0.717, 1.165) is 27.7 Å². The molecule has 0 spiro atoms. The maximum Gasteiger partial charge on any atom is 0.187 e. The van der Waals surface area contributed by atoms with E-state index in [1.54, 1.807) is 4.52 Å². The minimum atomic E-state index is 0.756. The highest BCUT2D eigenvalue weighted by Crippen LogP contribution is 2.22. The zero-order chi connectivity index (χ0) is 11.1. The molecule has 3 aromatic rings. The van der Waals surface area contributed by atoms with E-state index in [1.165, 1.54) is 0 Å². The first-order valence-corrected chi connectivity index (χ1v) is 5.03. The van der Waals surface area contributed by atoms with Gasteiger partial charge in [0.1, 0.15) is 0 Å². The number of tetrazole rings is 1. The topological polar surface area (TPSA) is 43.1 Å². The smallest absolute Gasteiger partial charge is 0.187 e. The van der Waals surface area contributed by atoms with Gasteiger partial charge in [-0.2, -0.15) is 4.52 Å². The number of pyridine rings is 1. The molecule has 1 aromatic carbocycles. The van der Waals surface area contributed by atoms with Gasteiger partial charge >= 0.3 is 0 Å². The number of fused-ring (bicyclic) bond motifs is 3. The fourth-order valence-electron chi connectivity index (χ4n) is 1.85. The van der Waals surface area contributed by atoms with Crippen molar-refractivity contribution in [3.8, 4) is 0 Å². The predicted molar refractivity (Wildman–Crippen MR) is 63.0 cm³/mol. The van der Waals surface area contributed by atoms with Crippen LogP contribution < -0.4 is 0 Å². The molecular formula is C12H10N4. The molecule has 0 aliphatic carbocycles. The van der Waals surface area contributed by atoms with Gasteiger partial charge in [0.15, 0.2) is 5.65 Å². The van der Waals surface area contributed by atoms with E-state index in [1.807, 2.05) is 31.2 Å². The van der Waals surface area contributed by atoms with Crippen LogP contribution in [0.3, 0.4) is 0 Å². The van der Waals surface area contributed by atoms with E-state index in [9.17, 15) is 0 Å². The minimum absolute atomic E-state index is 0.756. The fraction of sp³-hybridized carbons (Fsp3) is 0.0833. The lowest BCUT2D eigenvalue weighted by Crippen LogP contribution is -1.94. The Labute approximate surface area is 92.2 Å². The standard InChI is InChI=1S/C12H10N4/c1-8(2)10-7-9-5-3-4-6-11(9)16-12(10)13-14-15-16/h3-7H,1H2,2H3. The van der Waals surface area contributed by atoms with Crippen molar-refractivity contribution >= 4 is 22.1 Å². The van der Waals surface area contributed by atoms with Crippen LogP contribution in [0.4, 0.5) is 0 Å². The highest BCUT2D eigenvalue weighted by molar-refractivity contribution is 5.88. The highest BCUT2D eigenvalue weighted by atomic mass is 15.5. The Kier molecular flexibility index (Phi) is 1.77. The van der Waals surface area contributed by atoms with Crippen LogP contribution in [0.5, 0.6) is 0 Å². The number of aromatic nitrogens is 4. The van der Waals surface area contributed by atoms with Crippen molar-refractivity contribution < 1.29 is 0 Å². The summed E-state index contributed by atoms with van der Waals surface area (Å²) >= 11 is 0. The molecule has 0 unspecified atom stereocenters. The molecule has 78 valence electrons. The second-order valence-corrected chi connectivity index (χ2v) is 3.81. The number of nitrogens with zero attached hydrogens (tertiary/aromatic N) is 4. The van der Waals surface area contributed by atoms with Crippen LogP contribution in [0, 0.1) is 0 Å². The van der Waals surface area contributed by atoms with Gasteiger partial charge in [-0.3, -0.25) is 0 Å². The SMILES string of the molecule is C=C(C)c1cc2ccccc2n2nnnc12. The van der Waals surface area contributed by atoms with Crippen molar-refractivity contribution in [2.75, 3.05) is 0 Å². The molecule has 3 rings (SSSR count). The lowest BCUT2D eigenvalue weighted by Gasteiger charge is -2.05. The number of hydrogen-bond acceptors (Lipinski definition) is 3. The number of allylic oxidation sites excluding steroid dienone is 1. The number of hydrogen-bond donors (Lipinski definition) is 0. The molecule has 0 fully saturated rings. The highest BCUT2D eigenvalue weighted by Gasteiger charge is 2.09. The maximum atomic E-state index is 4.03. The van der Waals surface area contributed by atoms with Crippen LogP contribution in [0.15, 0.2) is 36.9 Å². The molecule has 4 heteroatoms. The molecular weight excluding hydrogens is 200 g/mol. The molecule has 0 saturated carbocycles. The Balaban J connectivity index is 2.58. The quantitative estimate of drug-likeness (QED) is 0.619. The molecule has 2 heterocycles. The lowest BCUT2D eigenvalue weighted by atomic mass is 10.1. The maximum absolute atomic E-state index is 4.03. The first-order chi connectivity index (χ1) is 7.77. The largest absolute Gasteiger partial charge is 0.192 e. The van der Waals surface area contributed by atoms with Crippen LogP contribution in [0.1, 0.15) is 12.5 Å². The summed E-state index contributed by atoms with van der Waals surface area (Å²) in [5, 5.41) is 12.9. The molecule has 0 atom stereocenters. The van der Waals surface area contributed by atoms with Crippen LogP contribution in [0.25, 0.3) is 22.1 Å². The van der Waals surface area contributed by atoms with Gasteiger partial charge in [-0.15, -0.1) is 5.10 Å². The summed E-state index contributed by atoms with van der Waals surface area (Å²) in [4.78, 5) is 0. The van der Waals surface area contributed by atoms with Gasteiger partial charge in [0.2, 0.25) is 0 Å². The second-order valence-electron chi connectivity index (χ2n) is 3.81. The summed E-state index contributed by atoms with van der Waals surface area (Å²) < 4.78 is 1.75. The number of benzene rings is 1. The molecule has 0 saturated heterocycles. The van der Waals surface area contributed by atoms with Gasteiger partial charge in [-0.25, -0.2) is 0 Å². The fourth-order valence-corrected chi connectivity index (χ4v) is 1.85. The van der Waals surface area contributed by atoms with E-state index in [4.69, 9.17) is 0 Å². The summed E-state index contributed by atoms with van der Waals surface area (Å²) in [7, 11) is 0. The molecule has 16 heavy (non-hydrogen) atoms. The summed E-state index contributed by atoms with van der Waals surface area (Å²) in [5.41, 5.74) is 3.72. The third kappa shape index (κ3) is 1.13. The van der Waals surface area contributed by atoms with E-state index in [0.29, 0.717) is 0 Å². The zero-order valence-electron chi connectivity index (χ0n) is 8.88. The monoisotopic (exact) mass is 210 g/mol. The van der Waals surface area contributed by atoms with Crippen LogP contribution in [-0.2, 0) is 0 Å². The molecule has 4 nitrogen and oxygen atoms in total. The summed E-state index contributed by atoms with van der Waals surface area (Å²) in [6, 6.07) is 10.1. The van der Waals surface area contributed by atoms with Crippen LogP contribution in [0.2, 0.25) is 0 Å². The Bertz CT molecular complexity index is 696. The Morgan fingerprint density at radius 3 is 2.94 bits per heavy atom. The second kappa shape index (κ2) is 3.13. The first kappa shape index (κ1) is 9.03. The molecule has 0 amide bonds. The van der Waals surface area contributed by atoms with Crippen molar-refractivity contribution in [3.05, 3.63) is 42.5 Å². The lowest BCUT2D eigenvalue weighted by molar-refractivity contribution is 0.841. The molecule has 0 aliphatic heterocycles. The van der Waals surface area contributed by atoms with E-state index in [-0.39, 0.29) is 0 Å². The van der Waals surface area contributed by atoms with Crippen molar-refractivity contribution in [1.82, 2.24) is 20.0 Å². The first-order valence-electron chi connectivity index (χ1n) is 5.03. The van der Waals surface area contributed by atoms with Crippen LogP contribution >= 0.6 is 0 Å². The molecule has 0 bridgehead atoms. The van der Waals surface area contributed by atoms with Crippen molar-refractivity contribution in [2.45, 2.75) is 6.92 Å². The van der Waals surface area contributed by atoms with E-state index in [2.05, 4.69) is 28.2 Å².